The molecule has 1 aromatic carbocycles. The zero-order valence-electron chi connectivity index (χ0n) is 11.1. The van der Waals surface area contributed by atoms with E-state index in [-0.39, 0.29) is 5.91 Å². The normalized spacial score (nSPS) is 12.2. The average molecular weight is 338 g/mol. The number of carbonyl (C=O) groups is 1. The molecular formula is C14H16BrN3O2. The SMILES string of the molecule is CC(O)CCNC(=O)c1cnn(-c2ccc(Br)cc2)c1. The van der Waals surface area contributed by atoms with E-state index in [4.69, 9.17) is 5.11 Å². The van der Waals surface area contributed by atoms with Gasteiger partial charge in [-0.3, -0.25) is 4.79 Å². The number of rotatable bonds is 5. The molecule has 1 aromatic heterocycles. The monoisotopic (exact) mass is 337 g/mol. The molecule has 2 N–H and O–H groups in total. The molecule has 0 fully saturated rings. The number of aliphatic hydroxyl groups is 1. The Kier molecular flexibility index (Phi) is 4.92. The van der Waals surface area contributed by atoms with Crippen LogP contribution in [0.3, 0.4) is 0 Å². The fourth-order valence-electron chi connectivity index (χ4n) is 1.67. The third kappa shape index (κ3) is 3.91. The van der Waals surface area contributed by atoms with Crippen molar-refractivity contribution in [3.05, 3.63) is 46.7 Å². The number of hydrogen-bond donors (Lipinski definition) is 2. The Morgan fingerprint density at radius 1 is 1.45 bits per heavy atom. The third-order valence-electron chi connectivity index (χ3n) is 2.78. The molecule has 0 saturated carbocycles. The second kappa shape index (κ2) is 6.67. The molecule has 0 saturated heterocycles. The van der Waals surface area contributed by atoms with Gasteiger partial charge in [-0.05, 0) is 37.6 Å². The van der Waals surface area contributed by atoms with Crippen molar-refractivity contribution in [2.75, 3.05) is 6.54 Å². The highest BCUT2D eigenvalue weighted by Crippen LogP contribution is 2.14. The maximum Gasteiger partial charge on any atom is 0.254 e. The molecule has 5 nitrogen and oxygen atoms in total. The van der Waals surface area contributed by atoms with Gasteiger partial charge in [0.05, 0.1) is 23.6 Å². The average Bonchev–Trinajstić information content (AvgIpc) is 2.88. The van der Waals surface area contributed by atoms with Gasteiger partial charge in [0.25, 0.3) is 5.91 Å². The first-order chi connectivity index (χ1) is 9.56. The summed E-state index contributed by atoms with van der Waals surface area (Å²) >= 11 is 3.37. The second-order valence-electron chi connectivity index (χ2n) is 4.54. The van der Waals surface area contributed by atoms with E-state index in [9.17, 15) is 4.79 Å². The predicted molar refractivity (Wildman–Crippen MR) is 79.9 cm³/mol. The summed E-state index contributed by atoms with van der Waals surface area (Å²) in [5.41, 5.74) is 1.38. The Hall–Kier alpha value is -1.66. The summed E-state index contributed by atoms with van der Waals surface area (Å²) in [7, 11) is 0. The molecular weight excluding hydrogens is 322 g/mol. The number of halogens is 1. The van der Waals surface area contributed by atoms with Crippen molar-refractivity contribution in [2.45, 2.75) is 19.4 Å². The highest BCUT2D eigenvalue weighted by molar-refractivity contribution is 9.10. The van der Waals surface area contributed by atoms with Gasteiger partial charge in [-0.2, -0.15) is 5.10 Å². The summed E-state index contributed by atoms with van der Waals surface area (Å²) in [6.45, 7) is 2.14. The maximum atomic E-state index is 11.9. The first kappa shape index (κ1) is 14.7. The number of benzene rings is 1. The summed E-state index contributed by atoms with van der Waals surface area (Å²) in [4.78, 5) is 11.9. The van der Waals surface area contributed by atoms with Crippen molar-refractivity contribution in [1.82, 2.24) is 15.1 Å². The minimum absolute atomic E-state index is 0.186. The van der Waals surface area contributed by atoms with Gasteiger partial charge in [-0.25, -0.2) is 4.68 Å². The summed E-state index contributed by atoms with van der Waals surface area (Å²) in [5, 5.41) is 16.1. The molecule has 2 aromatic rings. The molecule has 0 spiro atoms. The summed E-state index contributed by atoms with van der Waals surface area (Å²) in [6.07, 6.45) is 3.33. The molecule has 0 radical (unpaired) electrons. The smallest absolute Gasteiger partial charge is 0.254 e. The van der Waals surface area contributed by atoms with Crippen molar-refractivity contribution in [2.24, 2.45) is 0 Å². The van der Waals surface area contributed by atoms with Crippen LogP contribution in [-0.4, -0.2) is 33.4 Å². The summed E-state index contributed by atoms with van der Waals surface area (Å²) in [5.74, 6) is -0.186. The molecule has 0 aliphatic heterocycles. The quantitative estimate of drug-likeness (QED) is 0.878. The lowest BCUT2D eigenvalue weighted by Crippen LogP contribution is -2.26. The van der Waals surface area contributed by atoms with Crippen LogP contribution in [-0.2, 0) is 0 Å². The fourth-order valence-corrected chi connectivity index (χ4v) is 1.94. The van der Waals surface area contributed by atoms with Gasteiger partial charge in [0.1, 0.15) is 0 Å². The van der Waals surface area contributed by atoms with Crippen LogP contribution in [0.25, 0.3) is 5.69 Å². The molecule has 20 heavy (non-hydrogen) atoms. The van der Waals surface area contributed by atoms with Gasteiger partial charge < -0.3 is 10.4 Å². The standard InChI is InChI=1S/C14H16BrN3O2/c1-10(19)6-7-16-14(20)11-8-17-18(9-11)13-4-2-12(15)3-5-13/h2-5,8-10,19H,6-7H2,1H3,(H,16,20). The van der Waals surface area contributed by atoms with Crippen LogP contribution < -0.4 is 5.32 Å². The van der Waals surface area contributed by atoms with Crippen molar-refractivity contribution < 1.29 is 9.90 Å². The van der Waals surface area contributed by atoms with E-state index in [0.717, 1.165) is 10.2 Å². The number of amides is 1. The van der Waals surface area contributed by atoms with Crippen LogP contribution in [0.15, 0.2) is 41.1 Å². The maximum absolute atomic E-state index is 11.9. The zero-order chi connectivity index (χ0) is 14.5. The van der Waals surface area contributed by atoms with Crippen LogP contribution in [0.2, 0.25) is 0 Å². The summed E-state index contributed by atoms with van der Waals surface area (Å²) < 4.78 is 2.64. The lowest BCUT2D eigenvalue weighted by Gasteiger charge is -2.05. The van der Waals surface area contributed by atoms with Crippen molar-refractivity contribution in [1.29, 1.82) is 0 Å². The minimum atomic E-state index is -0.416. The molecule has 1 amide bonds. The Balaban J connectivity index is 2.01. The van der Waals surface area contributed by atoms with E-state index in [0.29, 0.717) is 18.5 Å². The molecule has 0 aliphatic rings. The number of aromatic nitrogens is 2. The van der Waals surface area contributed by atoms with Crippen molar-refractivity contribution in [3.63, 3.8) is 0 Å². The predicted octanol–water partition coefficient (Wildman–Crippen LogP) is 2.14. The van der Waals surface area contributed by atoms with Crippen LogP contribution in [0.5, 0.6) is 0 Å². The molecule has 6 heteroatoms. The Morgan fingerprint density at radius 2 is 2.15 bits per heavy atom. The van der Waals surface area contributed by atoms with Crippen LogP contribution in [0.4, 0.5) is 0 Å². The minimum Gasteiger partial charge on any atom is -0.393 e. The molecule has 1 atom stereocenters. The Bertz CT molecular complexity index is 578. The van der Waals surface area contributed by atoms with E-state index in [2.05, 4.69) is 26.3 Å². The Morgan fingerprint density at radius 3 is 2.80 bits per heavy atom. The molecule has 1 heterocycles. The molecule has 1 unspecified atom stereocenters. The zero-order valence-corrected chi connectivity index (χ0v) is 12.7. The molecule has 106 valence electrons. The topological polar surface area (TPSA) is 67.2 Å². The van der Waals surface area contributed by atoms with E-state index in [1.165, 1.54) is 6.20 Å². The first-order valence-electron chi connectivity index (χ1n) is 6.33. The molecule has 2 rings (SSSR count). The Labute approximate surface area is 125 Å². The number of nitrogens with zero attached hydrogens (tertiary/aromatic N) is 2. The van der Waals surface area contributed by atoms with E-state index >= 15 is 0 Å². The fraction of sp³-hybridized carbons (Fsp3) is 0.286. The lowest BCUT2D eigenvalue weighted by molar-refractivity contribution is 0.0945. The van der Waals surface area contributed by atoms with E-state index in [1.54, 1.807) is 17.8 Å². The molecule has 0 bridgehead atoms. The highest BCUT2D eigenvalue weighted by Gasteiger charge is 2.09. The number of hydrogen-bond acceptors (Lipinski definition) is 3. The van der Waals surface area contributed by atoms with Gasteiger partial charge in [-0.15, -0.1) is 0 Å². The van der Waals surface area contributed by atoms with Crippen LogP contribution in [0, 0.1) is 0 Å². The molecule has 0 aliphatic carbocycles. The number of carbonyl (C=O) groups excluding carboxylic acids is 1. The first-order valence-corrected chi connectivity index (χ1v) is 7.12. The van der Waals surface area contributed by atoms with Gasteiger partial charge >= 0.3 is 0 Å². The van der Waals surface area contributed by atoms with E-state index < -0.39 is 6.10 Å². The van der Waals surface area contributed by atoms with Gasteiger partial charge in [0.2, 0.25) is 0 Å². The van der Waals surface area contributed by atoms with Gasteiger partial charge in [0.15, 0.2) is 0 Å². The van der Waals surface area contributed by atoms with Crippen molar-refractivity contribution in [3.8, 4) is 5.69 Å². The largest absolute Gasteiger partial charge is 0.393 e. The second-order valence-corrected chi connectivity index (χ2v) is 5.46. The van der Waals surface area contributed by atoms with Gasteiger partial charge in [-0.1, -0.05) is 15.9 Å². The summed E-state index contributed by atoms with van der Waals surface area (Å²) in [6, 6.07) is 7.65. The van der Waals surface area contributed by atoms with Crippen molar-refractivity contribution >= 4 is 21.8 Å². The lowest BCUT2D eigenvalue weighted by atomic mass is 10.2. The third-order valence-corrected chi connectivity index (χ3v) is 3.31. The number of aliphatic hydroxyl groups excluding tert-OH is 1. The van der Waals surface area contributed by atoms with Gasteiger partial charge in [0, 0.05) is 17.2 Å². The number of nitrogens with one attached hydrogen (secondary N) is 1. The van der Waals surface area contributed by atoms with E-state index in [1.807, 2.05) is 24.3 Å². The highest BCUT2D eigenvalue weighted by atomic mass is 79.9. The van der Waals surface area contributed by atoms with Crippen LogP contribution in [0.1, 0.15) is 23.7 Å². The van der Waals surface area contributed by atoms with Crippen LogP contribution >= 0.6 is 15.9 Å².